The molecular formula is C20H22ClN3O4S. The number of nitrogens with zero attached hydrogens (tertiary/aromatic N) is 2. The van der Waals surface area contributed by atoms with E-state index in [2.05, 4.69) is 14.9 Å². The van der Waals surface area contributed by atoms with Crippen LogP contribution in [-0.2, 0) is 16.6 Å². The van der Waals surface area contributed by atoms with E-state index in [4.69, 9.17) is 20.9 Å². The van der Waals surface area contributed by atoms with Crippen molar-refractivity contribution < 1.29 is 17.7 Å². The molecule has 7 nitrogen and oxygen atoms in total. The van der Waals surface area contributed by atoms with Crippen LogP contribution in [0, 0.1) is 6.92 Å². The second-order valence-corrected chi connectivity index (χ2v) is 8.97. The van der Waals surface area contributed by atoms with Gasteiger partial charge in [0.05, 0.1) is 23.6 Å². The maximum Gasteiger partial charge on any atom is 0.242 e. The number of ether oxygens (including phenoxy) is 1. The highest BCUT2D eigenvalue weighted by Gasteiger charge is 2.22. The first-order valence-corrected chi connectivity index (χ1v) is 10.8. The number of hydrogen-bond donors (Lipinski definition) is 1. The van der Waals surface area contributed by atoms with Crippen LogP contribution in [0.25, 0.3) is 11.4 Å². The van der Waals surface area contributed by atoms with Gasteiger partial charge in [0.25, 0.3) is 0 Å². The van der Waals surface area contributed by atoms with Crippen molar-refractivity contribution >= 4 is 21.6 Å². The van der Waals surface area contributed by atoms with E-state index in [0.717, 1.165) is 5.56 Å². The number of benzene rings is 2. The molecule has 3 rings (SSSR count). The van der Waals surface area contributed by atoms with Crippen molar-refractivity contribution in [3.8, 4) is 17.1 Å². The number of aryl methyl sites for hydroxylation is 1. The molecule has 0 amide bonds. The van der Waals surface area contributed by atoms with Gasteiger partial charge in [-0.05, 0) is 48.2 Å². The number of aromatic nitrogens is 2. The molecule has 0 atom stereocenters. The first kappa shape index (κ1) is 21.3. The fourth-order valence-electron chi connectivity index (χ4n) is 2.91. The average molecular weight is 436 g/mol. The molecular weight excluding hydrogens is 414 g/mol. The molecule has 3 aromatic rings. The van der Waals surface area contributed by atoms with Gasteiger partial charge in [0.1, 0.15) is 5.75 Å². The Morgan fingerprint density at radius 1 is 1.24 bits per heavy atom. The lowest BCUT2D eigenvalue weighted by Crippen LogP contribution is -2.24. The molecule has 9 heteroatoms. The van der Waals surface area contributed by atoms with Crippen molar-refractivity contribution in [3.05, 3.63) is 58.4 Å². The highest BCUT2D eigenvalue weighted by atomic mass is 35.5. The standard InChI is InChI=1S/C20H22ClN3O4S/c1-12(2)15-10-18(13(3)9-17(15)27-4)29(25,26)22-11-19-23-20(24-28-19)14-7-5-6-8-16(14)21/h5-10,12,22H,11H2,1-4H3. The maximum atomic E-state index is 12.9. The van der Waals surface area contributed by atoms with Gasteiger partial charge in [-0.25, -0.2) is 13.1 Å². The van der Waals surface area contributed by atoms with Crippen LogP contribution in [0.3, 0.4) is 0 Å². The molecule has 1 aromatic heterocycles. The van der Waals surface area contributed by atoms with E-state index in [1.165, 1.54) is 0 Å². The Balaban J connectivity index is 1.83. The second kappa shape index (κ2) is 8.52. The molecule has 0 saturated carbocycles. The summed E-state index contributed by atoms with van der Waals surface area (Å²) in [5, 5.41) is 4.36. The van der Waals surface area contributed by atoms with Crippen molar-refractivity contribution in [2.24, 2.45) is 0 Å². The monoisotopic (exact) mass is 435 g/mol. The molecule has 154 valence electrons. The van der Waals surface area contributed by atoms with Crippen LogP contribution in [0.2, 0.25) is 5.02 Å². The zero-order valence-electron chi connectivity index (χ0n) is 16.6. The summed E-state index contributed by atoms with van der Waals surface area (Å²) in [5.74, 6) is 1.21. The van der Waals surface area contributed by atoms with E-state index in [1.807, 2.05) is 13.8 Å². The fourth-order valence-corrected chi connectivity index (χ4v) is 4.36. The summed E-state index contributed by atoms with van der Waals surface area (Å²) in [6, 6.07) is 10.4. The van der Waals surface area contributed by atoms with Gasteiger partial charge in [-0.15, -0.1) is 0 Å². The third-order valence-electron chi connectivity index (χ3n) is 4.44. The van der Waals surface area contributed by atoms with Gasteiger partial charge in [0.15, 0.2) is 0 Å². The molecule has 29 heavy (non-hydrogen) atoms. The summed E-state index contributed by atoms with van der Waals surface area (Å²) < 4.78 is 38.8. The Morgan fingerprint density at radius 3 is 2.62 bits per heavy atom. The summed E-state index contributed by atoms with van der Waals surface area (Å²) >= 11 is 6.14. The minimum Gasteiger partial charge on any atom is -0.496 e. The highest BCUT2D eigenvalue weighted by molar-refractivity contribution is 7.89. The third-order valence-corrected chi connectivity index (χ3v) is 6.31. The van der Waals surface area contributed by atoms with Crippen molar-refractivity contribution in [2.45, 2.75) is 38.1 Å². The zero-order chi connectivity index (χ0) is 21.2. The van der Waals surface area contributed by atoms with Crippen LogP contribution >= 0.6 is 11.6 Å². The molecule has 0 radical (unpaired) electrons. The molecule has 0 aliphatic heterocycles. The Hall–Kier alpha value is -2.42. The summed E-state index contributed by atoms with van der Waals surface area (Å²) in [6.45, 7) is 5.54. The van der Waals surface area contributed by atoms with Gasteiger partial charge in [-0.2, -0.15) is 4.98 Å². The van der Waals surface area contributed by atoms with Crippen molar-refractivity contribution in [1.29, 1.82) is 0 Å². The lowest BCUT2D eigenvalue weighted by molar-refractivity contribution is 0.376. The van der Waals surface area contributed by atoms with Gasteiger partial charge in [0, 0.05) is 5.56 Å². The molecule has 0 fully saturated rings. The molecule has 0 aliphatic carbocycles. The largest absolute Gasteiger partial charge is 0.496 e. The highest BCUT2D eigenvalue weighted by Crippen LogP contribution is 2.31. The lowest BCUT2D eigenvalue weighted by Gasteiger charge is -2.16. The van der Waals surface area contributed by atoms with Gasteiger partial charge in [0.2, 0.25) is 21.7 Å². The number of rotatable bonds is 7. The van der Waals surface area contributed by atoms with Crippen LogP contribution in [0.4, 0.5) is 0 Å². The number of sulfonamides is 1. The van der Waals surface area contributed by atoms with Gasteiger partial charge < -0.3 is 9.26 Å². The quantitative estimate of drug-likeness (QED) is 0.594. The van der Waals surface area contributed by atoms with Crippen molar-refractivity contribution in [1.82, 2.24) is 14.9 Å². The molecule has 0 saturated heterocycles. The average Bonchev–Trinajstić information content (AvgIpc) is 3.15. The van der Waals surface area contributed by atoms with Crippen LogP contribution in [-0.4, -0.2) is 25.7 Å². The molecule has 1 heterocycles. The molecule has 0 spiro atoms. The smallest absolute Gasteiger partial charge is 0.242 e. The lowest BCUT2D eigenvalue weighted by atomic mass is 10.0. The van der Waals surface area contributed by atoms with E-state index >= 15 is 0 Å². The minimum absolute atomic E-state index is 0.105. The number of methoxy groups -OCH3 is 1. The van der Waals surface area contributed by atoms with Gasteiger partial charge in [-0.3, -0.25) is 0 Å². The predicted octanol–water partition coefficient (Wildman–Crippen LogP) is 4.31. The summed E-state index contributed by atoms with van der Waals surface area (Å²) in [5.41, 5.74) is 2.01. The third kappa shape index (κ3) is 4.60. The Bertz CT molecular complexity index is 1130. The van der Waals surface area contributed by atoms with Crippen LogP contribution in [0.5, 0.6) is 5.75 Å². The normalized spacial score (nSPS) is 11.8. The molecule has 0 aliphatic rings. The number of halogens is 1. The van der Waals surface area contributed by atoms with E-state index in [1.54, 1.807) is 50.4 Å². The summed E-state index contributed by atoms with van der Waals surface area (Å²) in [6.07, 6.45) is 0. The van der Waals surface area contributed by atoms with Crippen LogP contribution in [0.1, 0.15) is 36.8 Å². The Kier molecular flexibility index (Phi) is 6.26. The van der Waals surface area contributed by atoms with E-state index < -0.39 is 10.0 Å². The Labute approximate surface area is 175 Å². The molecule has 0 unspecified atom stereocenters. The number of nitrogens with one attached hydrogen (secondary N) is 1. The van der Waals surface area contributed by atoms with E-state index in [9.17, 15) is 8.42 Å². The fraction of sp³-hybridized carbons (Fsp3) is 0.300. The van der Waals surface area contributed by atoms with Crippen molar-refractivity contribution in [2.75, 3.05) is 7.11 Å². The minimum atomic E-state index is -3.79. The topological polar surface area (TPSA) is 94.3 Å². The molecule has 2 aromatic carbocycles. The second-order valence-electron chi connectivity index (χ2n) is 6.83. The molecule has 0 bridgehead atoms. The van der Waals surface area contributed by atoms with E-state index in [0.29, 0.717) is 27.7 Å². The Morgan fingerprint density at radius 2 is 1.97 bits per heavy atom. The maximum absolute atomic E-state index is 12.9. The van der Waals surface area contributed by atoms with Gasteiger partial charge in [-0.1, -0.05) is 42.7 Å². The first-order chi connectivity index (χ1) is 13.7. The number of hydrogen-bond acceptors (Lipinski definition) is 6. The van der Waals surface area contributed by atoms with Crippen LogP contribution < -0.4 is 9.46 Å². The predicted molar refractivity (Wildman–Crippen MR) is 111 cm³/mol. The summed E-state index contributed by atoms with van der Waals surface area (Å²) in [4.78, 5) is 4.41. The van der Waals surface area contributed by atoms with Crippen LogP contribution in [0.15, 0.2) is 45.8 Å². The van der Waals surface area contributed by atoms with Gasteiger partial charge >= 0.3 is 0 Å². The zero-order valence-corrected chi connectivity index (χ0v) is 18.1. The summed E-state index contributed by atoms with van der Waals surface area (Å²) in [7, 11) is -2.22. The SMILES string of the molecule is COc1cc(C)c(S(=O)(=O)NCc2nc(-c3ccccc3Cl)no2)cc1C(C)C. The first-order valence-electron chi connectivity index (χ1n) is 8.98. The van der Waals surface area contributed by atoms with E-state index in [-0.39, 0.29) is 23.2 Å². The van der Waals surface area contributed by atoms with Crippen molar-refractivity contribution in [3.63, 3.8) is 0 Å². The molecule has 1 N–H and O–H groups in total.